The minimum absolute atomic E-state index is 0.133. The second-order valence-corrected chi connectivity index (χ2v) is 4.86. The molecule has 2 N–H and O–H groups in total. The highest BCUT2D eigenvalue weighted by molar-refractivity contribution is 4.91. The number of nitrogens with two attached hydrogens (primary N) is 1. The number of hydrogen-bond donors (Lipinski definition) is 1. The third-order valence-corrected chi connectivity index (χ3v) is 3.95. The van der Waals surface area contributed by atoms with E-state index in [2.05, 4.69) is 20.8 Å². The summed E-state index contributed by atoms with van der Waals surface area (Å²) in [4.78, 5) is 0. The first-order valence-electron chi connectivity index (χ1n) is 5.32. The molecule has 0 aromatic heterocycles. The molecule has 0 amide bonds. The van der Waals surface area contributed by atoms with Gasteiger partial charge in [-0.25, -0.2) is 0 Å². The van der Waals surface area contributed by atoms with Crippen LogP contribution in [0.4, 0.5) is 0 Å². The number of rotatable bonds is 2. The van der Waals surface area contributed by atoms with Crippen LogP contribution in [0.2, 0.25) is 0 Å². The standard InChI is InChI=1S/C11H23N/c1-4-11(5-2)8-6-10(3,12)7-9-11/h4-9,12H2,1-3H3. The van der Waals surface area contributed by atoms with Gasteiger partial charge in [-0.3, -0.25) is 0 Å². The van der Waals surface area contributed by atoms with Crippen LogP contribution in [0.5, 0.6) is 0 Å². The summed E-state index contributed by atoms with van der Waals surface area (Å²) >= 11 is 0. The fourth-order valence-electron chi connectivity index (χ4n) is 2.31. The Bertz CT molecular complexity index is 133. The predicted octanol–water partition coefficient (Wildman–Crippen LogP) is 3.08. The molecule has 0 bridgehead atoms. The van der Waals surface area contributed by atoms with E-state index in [1.54, 1.807) is 0 Å². The van der Waals surface area contributed by atoms with Gasteiger partial charge < -0.3 is 5.73 Å². The molecule has 1 rings (SSSR count). The maximum absolute atomic E-state index is 6.11. The lowest BCUT2D eigenvalue weighted by atomic mass is 9.66. The van der Waals surface area contributed by atoms with Crippen molar-refractivity contribution in [1.82, 2.24) is 0 Å². The van der Waals surface area contributed by atoms with Crippen LogP contribution in [-0.4, -0.2) is 5.54 Å². The van der Waals surface area contributed by atoms with Gasteiger partial charge in [-0.15, -0.1) is 0 Å². The van der Waals surface area contributed by atoms with Crippen LogP contribution < -0.4 is 5.73 Å². The lowest BCUT2D eigenvalue weighted by molar-refractivity contribution is 0.126. The van der Waals surface area contributed by atoms with Crippen LogP contribution in [0.3, 0.4) is 0 Å². The molecule has 0 radical (unpaired) electrons. The Balaban J connectivity index is 2.53. The Labute approximate surface area is 76.7 Å². The second kappa shape index (κ2) is 3.37. The van der Waals surface area contributed by atoms with Crippen molar-refractivity contribution >= 4 is 0 Å². The zero-order chi connectivity index (χ0) is 9.24. The van der Waals surface area contributed by atoms with Gasteiger partial charge in [0.15, 0.2) is 0 Å². The van der Waals surface area contributed by atoms with E-state index in [9.17, 15) is 0 Å². The summed E-state index contributed by atoms with van der Waals surface area (Å²) in [5, 5.41) is 0. The minimum Gasteiger partial charge on any atom is -0.325 e. The molecule has 0 spiro atoms. The summed E-state index contributed by atoms with van der Waals surface area (Å²) < 4.78 is 0. The van der Waals surface area contributed by atoms with Crippen molar-refractivity contribution in [3.8, 4) is 0 Å². The van der Waals surface area contributed by atoms with Gasteiger partial charge in [-0.1, -0.05) is 26.7 Å². The van der Waals surface area contributed by atoms with Gasteiger partial charge in [-0.05, 0) is 38.0 Å². The normalized spacial score (nSPS) is 27.0. The van der Waals surface area contributed by atoms with Gasteiger partial charge in [-0.2, -0.15) is 0 Å². The summed E-state index contributed by atoms with van der Waals surface area (Å²) in [5.74, 6) is 0. The molecule has 0 atom stereocenters. The highest BCUT2D eigenvalue weighted by Gasteiger charge is 2.35. The Morgan fingerprint density at radius 3 is 1.75 bits per heavy atom. The molecule has 0 aliphatic heterocycles. The van der Waals surface area contributed by atoms with E-state index in [4.69, 9.17) is 5.73 Å². The average Bonchev–Trinajstić information content (AvgIpc) is 2.06. The van der Waals surface area contributed by atoms with E-state index >= 15 is 0 Å². The summed E-state index contributed by atoms with van der Waals surface area (Å²) in [6, 6.07) is 0. The van der Waals surface area contributed by atoms with Crippen LogP contribution >= 0.6 is 0 Å². The summed E-state index contributed by atoms with van der Waals surface area (Å²) in [6.07, 6.45) is 7.78. The third-order valence-electron chi connectivity index (χ3n) is 3.95. The lowest BCUT2D eigenvalue weighted by Gasteiger charge is -2.42. The van der Waals surface area contributed by atoms with Crippen LogP contribution in [0.15, 0.2) is 0 Å². The van der Waals surface area contributed by atoms with Crippen molar-refractivity contribution in [2.75, 3.05) is 0 Å². The number of hydrogen-bond acceptors (Lipinski definition) is 1. The van der Waals surface area contributed by atoms with Crippen molar-refractivity contribution in [1.29, 1.82) is 0 Å². The molecule has 12 heavy (non-hydrogen) atoms. The second-order valence-electron chi connectivity index (χ2n) is 4.86. The Kier molecular flexibility index (Phi) is 2.82. The van der Waals surface area contributed by atoms with E-state index in [1.807, 2.05) is 0 Å². The fraction of sp³-hybridized carbons (Fsp3) is 1.00. The Morgan fingerprint density at radius 2 is 1.42 bits per heavy atom. The zero-order valence-corrected chi connectivity index (χ0v) is 8.82. The monoisotopic (exact) mass is 169 g/mol. The van der Waals surface area contributed by atoms with E-state index in [0.717, 1.165) is 0 Å². The first kappa shape index (κ1) is 10.0. The quantitative estimate of drug-likeness (QED) is 0.675. The van der Waals surface area contributed by atoms with Gasteiger partial charge in [0, 0.05) is 5.54 Å². The Morgan fingerprint density at radius 1 is 1.00 bits per heavy atom. The molecule has 1 fully saturated rings. The topological polar surface area (TPSA) is 26.0 Å². The van der Waals surface area contributed by atoms with Crippen LogP contribution in [0, 0.1) is 5.41 Å². The fourth-order valence-corrected chi connectivity index (χ4v) is 2.31. The molecule has 1 nitrogen and oxygen atoms in total. The van der Waals surface area contributed by atoms with Crippen molar-refractivity contribution in [3.05, 3.63) is 0 Å². The van der Waals surface area contributed by atoms with E-state index in [-0.39, 0.29) is 5.54 Å². The van der Waals surface area contributed by atoms with Crippen LogP contribution in [0.1, 0.15) is 59.3 Å². The van der Waals surface area contributed by atoms with Crippen molar-refractivity contribution in [2.24, 2.45) is 11.1 Å². The first-order valence-corrected chi connectivity index (χ1v) is 5.32. The Hall–Kier alpha value is -0.0400. The van der Waals surface area contributed by atoms with Gasteiger partial charge >= 0.3 is 0 Å². The predicted molar refractivity (Wildman–Crippen MR) is 54.1 cm³/mol. The van der Waals surface area contributed by atoms with Crippen LogP contribution in [0.25, 0.3) is 0 Å². The minimum atomic E-state index is 0.133. The largest absolute Gasteiger partial charge is 0.325 e. The molecule has 0 heterocycles. The molecule has 72 valence electrons. The molecule has 0 saturated heterocycles. The smallest absolute Gasteiger partial charge is 0.0126 e. The summed E-state index contributed by atoms with van der Waals surface area (Å²) in [6.45, 7) is 6.84. The molecular weight excluding hydrogens is 146 g/mol. The van der Waals surface area contributed by atoms with Crippen molar-refractivity contribution in [2.45, 2.75) is 64.8 Å². The molecular formula is C11H23N. The van der Waals surface area contributed by atoms with Crippen molar-refractivity contribution < 1.29 is 0 Å². The van der Waals surface area contributed by atoms with E-state index in [1.165, 1.54) is 38.5 Å². The first-order chi connectivity index (χ1) is 5.54. The maximum Gasteiger partial charge on any atom is 0.0126 e. The van der Waals surface area contributed by atoms with Crippen LogP contribution in [-0.2, 0) is 0 Å². The molecule has 1 heteroatoms. The van der Waals surface area contributed by atoms with E-state index < -0.39 is 0 Å². The van der Waals surface area contributed by atoms with Gasteiger partial charge in [0.2, 0.25) is 0 Å². The molecule has 0 unspecified atom stereocenters. The average molecular weight is 169 g/mol. The molecule has 0 aromatic rings. The molecule has 1 aliphatic carbocycles. The molecule has 0 aromatic carbocycles. The lowest BCUT2D eigenvalue weighted by Crippen LogP contribution is -2.43. The molecule has 1 aliphatic rings. The van der Waals surface area contributed by atoms with Gasteiger partial charge in [0.05, 0.1) is 0 Å². The molecule has 1 saturated carbocycles. The SMILES string of the molecule is CCC1(CC)CCC(C)(N)CC1. The summed E-state index contributed by atoms with van der Waals surface area (Å²) in [7, 11) is 0. The van der Waals surface area contributed by atoms with Gasteiger partial charge in [0.25, 0.3) is 0 Å². The van der Waals surface area contributed by atoms with E-state index in [0.29, 0.717) is 5.41 Å². The third kappa shape index (κ3) is 2.01. The van der Waals surface area contributed by atoms with Crippen molar-refractivity contribution in [3.63, 3.8) is 0 Å². The maximum atomic E-state index is 6.11. The summed E-state index contributed by atoms with van der Waals surface area (Å²) in [5.41, 5.74) is 6.88. The van der Waals surface area contributed by atoms with Gasteiger partial charge in [0.1, 0.15) is 0 Å². The highest BCUT2D eigenvalue weighted by Crippen LogP contribution is 2.44. The highest BCUT2D eigenvalue weighted by atomic mass is 14.7. The zero-order valence-electron chi connectivity index (χ0n) is 8.82.